The summed E-state index contributed by atoms with van der Waals surface area (Å²) < 4.78 is 4.79. The van der Waals surface area contributed by atoms with E-state index in [9.17, 15) is 4.79 Å². The number of carbonyl (C=O) groups excluding carboxylic acids is 1. The second-order valence-corrected chi connectivity index (χ2v) is 14.2. The fraction of sp³-hybridized carbons (Fsp3) is 0.140. The largest absolute Gasteiger partial charge is 0.309 e. The number of hydrogen-bond acceptors (Lipinski definition) is 1. The lowest BCUT2D eigenvalue weighted by atomic mass is 9.75. The first-order chi connectivity index (χ1) is 22.3. The molecule has 0 fully saturated rings. The van der Waals surface area contributed by atoms with Crippen molar-refractivity contribution in [1.29, 1.82) is 0 Å². The number of nitrogens with zero attached hydrogens (tertiary/aromatic N) is 2. The van der Waals surface area contributed by atoms with Gasteiger partial charge >= 0.3 is 0 Å². The molecule has 0 saturated heterocycles. The van der Waals surface area contributed by atoms with E-state index >= 15 is 0 Å². The van der Waals surface area contributed by atoms with Gasteiger partial charge in [0, 0.05) is 43.5 Å². The Morgan fingerprint density at radius 2 is 0.870 bits per heavy atom. The van der Waals surface area contributed by atoms with Gasteiger partial charge in [-0.05, 0) is 70.8 Å². The van der Waals surface area contributed by atoms with Crippen LogP contribution >= 0.6 is 0 Å². The predicted octanol–water partition coefficient (Wildman–Crippen LogP) is 10.4. The Morgan fingerprint density at radius 3 is 1.33 bits per heavy atom. The van der Waals surface area contributed by atoms with Crippen LogP contribution in [-0.4, -0.2) is 14.9 Å². The highest BCUT2D eigenvalue weighted by Gasteiger charge is 2.36. The molecule has 3 nitrogen and oxygen atoms in total. The first-order valence-electron chi connectivity index (χ1n) is 16.2. The molecule has 6 aromatic carbocycles. The Kier molecular flexibility index (Phi) is 4.75. The maximum Gasteiger partial charge on any atom is 0.193 e. The van der Waals surface area contributed by atoms with Gasteiger partial charge in [-0.25, -0.2) is 0 Å². The van der Waals surface area contributed by atoms with Crippen LogP contribution < -0.4 is 0 Å². The van der Waals surface area contributed by atoms with Crippen LogP contribution in [0, 0.1) is 0 Å². The Labute approximate surface area is 267 Å². The SMILES string of the molecule is CC1(C)c2ccccc2-n2c3ccc(C(=O)c4ccc5c(c4)c4cccc6c4n5-c4ccccc4C6(C)C)cc3c3cccc1c32. The Morgan fingerprint density at radius 1 is 0.457 bits per heavy atom. The molecular formula is C43H32N2O. The zero-order chi connectivity index (χ0) is 31.1. The van der Waals surface area contributed by atoms with E-state index in [2.05, 4.69) is 146 Å². The molecule has 0 unspecified atom stereocenters. The van der Waals surface area contributed by atoms with E-state index in [0.717, 1.165) is 21.8 Å². The van der Waals surface area contributed by atoms with E-state index in [1.54, 1.807) is 0 Å². The van der Waals surface area contributed by atoms with Gasteiger partial charge in [-0.1, -0.05) is 100 Å². The minimum Gasteiger partial charge on any atom is -0.309 e. The highest BCUT2D eigenvalue weighted by molar-refractivity contribution is 6.19. The smallest absolute Gasteiger partial charge is 0.193 e. The van der Waals surface area contributed by atoms with E-state index < -0.39 is 0 Å². The van der Waals surface area contributed by atoms with Gasteiger partial charge in [-0.2, -0.15) is 0 Å². The summed E-state index contributed by atoms with van der Waals surface area (Å²) in [6.45, 7) is 9.25. The zero-order valence-corrected chi connectivity index (χ0v) is 26.3. The van der Waals surface area contributed by atoms with Crippen molar-refractivity contribution in [3.8, 4) is 11.4 Å². The number of hydrogen-bond donors (Lipinski definition) is 0. The third-order valence-corrected chi connectivity index (χ3v) is 11.1. The topological polar surface area (TPSA) is 26.9 Å². The summed E-state index contributed by atoms with van der Waals surface area (Å²) in [4.78, 5) is 14.3. The summed E-state index contributed by atoms with van der Waals surface area (Å²) in [5.41, 5.74) is 13.6. The molecule has 0 amide bonds. The molecule has 8 aromatic rings. The average Bonchev–Trinajstić information content (AvgIpc) is 3.59. The lowest BCUT2D eigenvalue weighted by Gasteiger charge is -2.34. The van der Waals surface area contributed by atoms with Gasteiger partial charge in [0.2, 0.25) is 0 Å². The van der Waals surface area contributed by atoms with Crippen molar-refractivity contribution >= 4 is 49.4 Å². The van der Waals surface area contributed by atoms with E-state index in [0.29, 0.717) is 11.1 Å². The highest BCUT2D eigenvalue weighted by Crippen LogP contribution is 2.49. The van der Waals surface area contributed by atoms with Gasteiger partial charge < -0.3 is 9.13 Å². The molecule has 0 spiro atoms. The molecule has 3 heteroatoms. The van der Waals surface area contributed by atoms with E-state index in [-0.39, 0.29) is 16.6 Å². The lowest BCUT2D eigenvalue weighted by molar-refractivity contribution is 0.103. The summed E-state index contributed by atoms with van der Waals surface area (Å²) in [6.07, 6.45) is 0. The number of rotatable bonds is 2. The van der Waals surface area contributed by atoms with Gasteiger partial charge in [0.05, 0.1) is 33.4 Å². The number of benzene rings is 6. The second kappa shape index (κ2) is 8.44. The summed E-state index contributed by atoms with van der Waals surface area (Å²) in [5.74, 6) is 0.0455. The van der Waals surface area contributed by atoms with Crippen molar-refractivity contribution in [2.45, 2.75) is 38.5 Å². The maximum atomic E-state index is 14.3. The number of carbonyl (C=O) groups is 1. The Balaban J connectivity index is 1.17. The Bertz CT molecular complexity index is 2480. The average molecular weight is 593 g/mol. The molecule has 2 aromatic heterocycles. The van der Waals surface area contributed by atoms with Gasteiger partial charge in [-0.3, -0.25) is 4.79 Å². The van der Waals surface area contributed by atoms with E-state index in [1.165, 1.54) is 55.4 Å². The molecule has 10 rings (SSSR count). The van der Waals surface area contributed by atoms with Crippen LogP contribution in [0.4, 0.5) is 0 Å². The van der Waals surface area contributed by atoms with Gasteiger partial charge in [-0.15, -0.1) is 0 Å². The summed E-state index contributed by atoms with van der Waals surface area (Å²) >= 11 is 0. The van der Waals surface area contributed by atoms with Gasteiger partial charge in [0.1, 0.15) is 0 Å². The van der Waals surface area contributed by atoms with Crippen molar-refractivity contribution in [1.82, 2.24) is 9.13 Å². The fourth-order valence-corrected chi connectivity index (χ4v) is 8.78. The lowest BCUT2D eigenvalue weighted by Crippen LogP contribution is -2.26. The first-order valence-corrected chi connectivity index (χ1v) is 16.2. The summed E-state index contributed by atoms with van der Waals surface area (Å²) in [5, 5.41) is 4.61. The van der Waals surface area contributed by atoms with Crippen LogP contribution in [0.3, 0.4) is 0 Å². The third kappa shape index (κ3) is 3.01. The number of aromatic nitrogens is 2. The summed E-state index contributed by atoms with van der Waals surface area (Å²) in [6, 6.07) is 43.2. The first kappa shape index (κ1) is 25.9. The molecule has 0 N–H and O–H groups in total. The molecule has 0 saturated carbocycles. The molecule has 4 heterocycles. The molecule has 0 radical (unpaired) electrons. The molecule has 2 aliphatic rings. The van der Waals surface area contributed by atoms with Gasteiger partial charge in [0.25, 0.3) is 0 Å². The third-order valence-electron chi connectivity index (χ3n) is 11.1. The van der Waals surface area contributed by atoms with Crippen molar-refractivity contribution in [2.75, 3.05) is 0 Å². The van der Waals surface area contributed by atoms with Crippen LogP contribution in [-0.2, 0) is 10.8 Å². The number of ketones is 1. The second-order valence-electron chi connectivity index (χ2n) is 14.2. The molecule has 46 heavy (non-hydrogen) atoms. The highest BCUT2D eigenvalue weighted by atomic mass is 16.1. The van der Waals surface area contributed by atoms with Gasteiger partial charge in [0.15, 0.2) is 5.78 Å². The van der Waals surface area contributed by atoms with Crippen molar-refractivity contribution < 1.29 is 4.79 Å². The van der Waals surface area contributed by atoms with Crippen LogP contribution in [0.15, 0.2) is 121 Å². The molecule has 0 bridgehead atoms. The van der Waals surface area contributed by atoms with Crippen LogP contribution in [0.25, 0.3) is 55.0 Å². The van der Waals surface area contributed by atoms with Crippen molar-refractivity contribution in [3.05, 3.63) is 155 Å². The van der Waals surface area contributed by atoms with Crippen molar-refractivity contribution in [2.24, 2.45) is 0 Å². The van der Waals surface area contributed by atoms with Crippen LogP contribution in [0.2, 0.25) is 0 Å². The fourth-order valence-electron chi connectivity index (χ4n) is 8.78. The Hall–Kier alpha value is -5.41. The molecule has 2 aliphatic heterocycles. The standard InChI is InChI=1S/C43H32N2O/c1-42(2)31-13-5-7-17-37(31)44-35-21-19-25(23-29(35)27-11-9-15-33(42)39(27)44)41(46)26-20-22-36-30(24-26)28-12-10-16-34-40(28)45(36)38-18-8-6-14-32(38)43(34,3)4/h5-24H,1-4H3. The molecular weight excluding hydrogens is 560 g/mol. The summed E-state index contributed by atoms with van der Waals surface area (Å²) in [7, 11) is 0. The maximum absolute atomic E-state index is 14.3. The minimum absolute atomic E-state index is 0.0455. The predicted molar refractivity (Wildman–Crippen MR) is 189 cm³/mol. The van der Waals surface area contributed by atoms with Crippen LogP contribution in [0.5, 0.6) is 0 Å². The number of para-hydroxylation sites is 4. The number of fused-ring (bicyclic) bond motifs is 10. The van der Waals surface area contributed by atoms with Crippen molar-refractivity contribution in [3.63, 3.8) is 0 Å². The zero-order valence-electron chi connectivity index (χ0n) is 26.3. The normalized spacial score (nSPS) is 15.4. The van der Waals surface area contributed by atoms with E-state index in [1.807, 2.05) is 12.1 Å². The minimum atomic E-state index is -0.120. The van der Waals surface area contributed by atoms with Crippen LogP contribution in [0.1, 0.15) is 65.9 Å². The van der Waals surface area contributed by atoms with E-state index in [4.69, 9.17) is 0 Å². The quantitative estimate of drug-likeness (QED) is 0.184. The molecule has 0 atom stereocenters. The molecule has 0 aliphatic carbocycles. The molecule has 220 valence electrons. The monoisotopic (exact) mass is 592 g/mol.